The van der Waals surface area contributed by atoms with Crippen LogP contribution in [-0.4, -0.2) is 94.3 Å². The topological polar surface area (TPSA) is 87.5 Å². The van der Waals surface area contributed by atoms with Gasteiger partial charge in [0.05, 0.1) is 13.2 Å². The molecule has 0 radical (unpaired) electrons. The van der Waals surface area contributed by atoms with Crippen LogP contribution in [0.4, 0.5) is 0 Å². The molecule has 2 aliphatic rings. The Hall–Kier alpha value is -2.94. The SMILES string of the molecule is Cc1cccc2nc(C(=O)N3CCN(C(=O)C(=O)N4CCOCC4)CC3)cn12. The predicted molar refractivity (Wildman–Crippen MR) is 99.8 cm³/mol. The van der Waals surface area contributed by atoms with Crippen LogP contribution in [0.1, 0.15) is 16.2 Å². The maximum Gasteiger partial charge on any atom is 0.312 e. The van der Waals surface area contributed by atoms with Crippen molar-refractivity contribution in [2.24, 2.45) is 0 Å². The molecule has 148 valence electrons. The van der Waals surface area contributed by atoms with Crippen molar-refractivity contribution in [1.82, 2.24) is 24.1 Å². The van der Waals surface area contributed by atoms with E-state index < -0.39 is 11.8 Å². The summed E-state index contributed by atoms with van der Waals surface area (Å²) in [5.41, 5.74) is 2.12. The average Bonchev–Trinajstić information content (AvgIpc) is 3.19. The summed E-state index contributed by atoms with van der Waals surface area (Å²) in [6, 6.07) is 5.72. The number of piperazine rings is 1. The lowest BCUT2D eigenvalue weighted by Gasteiger charge is -2.35. The van der Waals surface area contributed by atoms with Crippen molar-refractivity contribution in [3.05, 3.63) is 35.8 Å². The Morgan fingerprint density at radius 2 is 1.50 bits per heavy atom. The van der Waals surface area contributed by atoms with E-state index >= 15 is 0 Å². The maximum atomic E-state index is 12.8. The minimum atomic E-state index is -0.502. The van der Waals surface area contributed by atoms with Crippen molar-refractivity contribution >= 4 is 23.4 Å². The molecule has 2 aromatic rings. The van der Waals surface area contributed by atoms with Crippen LogP contribution >= 0.6 is 0 Å². The van der Waals surface area contributed by atoms with Gasteiger partial charge in [-0.05, 0) is 19.1 Å². The third-order valence-electron chi connectivity index (χ3n) is 5.25. The van der Waals surface area contributed by atoms with Gasteiger partial charge in [-0.1, -0.05) is 6.07 Å². The van der Waals surface area contributed by atoms with Gasteiger partial charge < -0.3 is 23.8 Å². The van der Waals surface area contributed by atoms with E-state index in [9.17, 15) is 14.4 Å². The molecule has 0 saturated carbocycles. The number of morpholine rings is 1. The van der Waals surface area contributed by atoms with Gasteiger partial charge >= 0.3 is 11.8 Å². The number of nitrogens with zero attached hydrogens (tertiary/aromatic N) is 5. The van der Waals surface area contributed by atoms with Gasteiger partial charge in [-0.3, -0.25) is 14.4 Å². The molecular formula is C19H23N5O4. The number of fused-ring (bicyclic) bond motifs is 1. The van der Waals surface area contributed by atoms with Crippen molar-refractivity contribution in [3.63, 3.8) is 0 Å². The lowest BCUT2D eigenvalue weighted by atomic mass is 10.2. The minimum Gasteiger partial charge on any atom is -0.378 e. The summed E-state index contributed by atoms with van der Waals surface area (Å²) in [6.07, 6.45) is 1.74. The molecule has 2 aliphatic heterocycles. The van der Waals surface area contributed by atoms with Gasteiger partial charge in [-0.25, -0.2) is 4.98 Å². The van der Waals surface area contributed by atoms with Gasteiger partial charge in [-0.15, -0.1) is 0 Å². The van der Waals surface area contributed by atoms with E-state index in [0.29, 0.717) is 58.2 Å². The number of imidazole rings is 1. The lowest BCUT2D eigenvalue weighted by Crippen LogP contribution is -2.55. The quantitative estimate of drug-likeness (QED) is 0.634. The second kappa shape index (κ2) is 7.59. The van der Waals surface area contributed by atoms with E-state index in [1.807, 2.05) is 29.5 Å². The van der Waals surface area contributed by atoms with Gasteiger partial charge in [-0.2, -0.15) is 0 Å². The highest BCUT2D eigenvalue weighted by Crippen LogP contribution is 2.13. The van der Waals surface area contributed by atoms with E-state index in [1.165, 1.54) is 9.80 Å². The first kappa shape index (κ1) is 18.4. The molecule has 0 spiro atoms. The number of aromatic nitrogens is 2. The molecule has 2 fully saturated rings. The molecule has 2 saturated heterocycles. The number of carbonyl (C=O) groups excluding carboxylic acids is 3. The van der Waals surface area contributed by atoms with Gasteiger partial charge in [0.2, 0.25) is 0 Å². The number of carbonyl (C=O) groups is 3. The van der Waals surface area contributed by atoms with Crippen LogP contribution in [-0.2, 0) is 14.3 Å². The Morgan fingerprint density at radius 3 is 2.14 bits per heavy atom. The standard InChI is InChI=1S/C19H23N5O4/c1-14-3-2-4-16-20-15(13-24(14)16)17(25)21-5-7-22(8-6-21)18(26)19(27)23-9-11-28-12-10-23/h2-4,13H,5-12H2,1H3. The molecule has 9 heteroatoms. The van der Waals surface area contributed by atoms with Crippen LogP contribution in [0.15, 0.2) is 24.4 Å². The van der Waals surface area contributed by atoms with E-state index in [0.717, 1.165) is 11.3 Å². The maximum absolute atomic E-state index is 12.8. The van der Waals surface area contributed by atoms with Gasteiger partial charge in [0.15, 0.2) is 0 Å². The highest BCUT2D eigenvalue weighted by molar-refractivity contribution is 6.34. The van der Waals surface area contributed by atoms with Crippen LogP contribution in [0.5, 0.6) is 0 Å². The zero-order chi connectivity index (χ0) is 19.7. The molecule has 9 nitrogen and oxygen atoms in total. The van der Waals surface area contributed by atoms with Crippen molar-refractivity contribution in [1.29, 1.82) is 0 Å². The fourth-order valence-electron chi connectivity index (χ4n) is 3.56. The molecule has 2 aromatic heterocycles. The summed E-state index contributed by atoms with van der Waals surface area (Å²) in [6.45, 7) is 5.20. The van der Waals surface area contributed by atoms with Gasteiger partial charge in [0.1, 0.15) is 11.3 Å². The molecular weight excluding hydrogens is 362 g/mol. The molecule has 4 rings (SSSR count). The van der Waals surface area contributed by atoms with Crippen LogP contribution < -0.4 is 0 Å². The number of rotatable bonds is 1. The number of amides is 3. The normalized spacial score (nSPS) is 17.8. The highest BCUT2D eigenvalue weighted by atomic mass is 16.5. The third-order valence-corrected chi connectivity index (χ3v) is 5.25. The van der Waals surface area contributed by atoms with Crippen LogP contribution in [0.3, 0.4) is 0 Å². The van der Waals surface area contributed by atoms with Crippen LogP contribution in [0, 0.1) is 6.92 Å². The summed E-state index contributed by atoms with van der Waals surface area (Å²) in [5, 5.41) is 0. The smallest absolute Gasteiger partial charge is 0.312 e. The Labute approximate surface area is 162 Å². The summed E-state index contributed by atoms with van der Waals surface area (Å²) < 4.78 is 7.10. The van der Waals surface area contributed by atoms with E-state index in [2.05, 4.69) is 4.98 Å². The van der Waals surface area contributed by atoms with Crippen molar-refractivity contribution in [2.45, 2.75) is 6.92 Å². The first-order chi connectivity index (χ1) is 13.5. The fraction of sp³-hybridized carbons (Fsp3) is 0.474. The summed E-state index contributed by atoms with van der Waals surface area (Å²) in [4.78, 5) is 46.8. The molecule has 0 aromatic carbocycles. The predicted octanol–water partition coefficient (Wildman–Crippen LogP) is -0.214. The molecule has 28 heavy (non-hydrogen) atoms. The molecule has 0 N–H and O–H groups in total. The Kier molecular flexibility index (Phi) is 4.99. The highest BCUT2D eigenvalue weighted by Gasteiger charge is 2.32. The molecule has 0 atom stereocenters. The first-order valence-corrected chi connectivity index (χ1v) is 9.44. The minimum absolute atomic E-state index is 0.158. The molecule has 0 unspecified atom stereocenters. The summed E-state index contributed by atoms with van der Waals surface area (Å²) in [7, 11) is 0. The number of hydrogen-bond donors (Lipinski definition) is 0. The Balaban J connectivity index is 1.37. The number of aryl methyl sites for hydroxylation is 1. The summed E-state index contributed by atoms with van der Waals surface area (Å²) >= 11 is 0. The second-order valence-corrected chi connectivity index (χ2v) is 7.01. The Morgan fingerprint density at radius 1 is 0.893 bits per heavy atom. The van der Waals surface area contributed by atoms with E-state index in [1.54, 1.807) is 11.1 Å². The van der Waals surface area contributed by atoms with E-state index in [4.69, 9.17) is 4.74 Å². The van der Waals surface area contributed by atoms with Crippen molar-refractivity contribution in [3.8, 4) is 0 Å². The zero-order valence-electron chi connectivity index (χ0n) is 15.8. The van der Waals surface area contributed by atoms with Crippen LogP contribution in [0.2, 0.25) is 0 Å². The first-order valence-electron chi connectivity index (χ1n) is 9.44. The van der Waals surface area contributed by atoms with Crippen molar-refractivity contribution in [2.75, 3.05) is 52.5 Å². The second-order valence-electron chi connectivity index (χ2n) is 7.01. The van der Waals surface area contributed by atoms with E-state index in [-0.39, 0.29) is 5.91 Å². The van der Waals surface area contributed by atoms with Gasteiger partial charge in [0.25, 0.3) is 5.91 Å². The third kappa shape index (κ3) is 3.45. The molecule has 4 heterocycles. The summed E-state index contributed by atoms with van der Waals surface area (Å²) in [5.74, 6) is -1.15. The van der Waals surface area contributed by atoms with Crippen molar-refractivity contribution < 1.29 is 19.1 Å². The largest absolute Gasteiger partial charge is 0.378 e. The Bertz CT molecular complexity index is 910. The number of pyridine rings is 1. The molecule has 3 amide bonds. The van der Waals surface area contributed by atoms with Crippen LogP contribution in [0.25, 0.3) is 5.65 Å². The van der Waals surface area contributed by atoms with Gasteiger partial charge in [0, 0.05) is 51.2 Å². The number of ether oxygens (including phenoxy) is 1. The lowest BCUT2D eigenvalue weighted by molar-refractivity contribution is -0.154. The molecule has 0 aliphatic carbocycles. The number of hydrogen-bond acceptors (Lipinski definition) is 5. The zero-order valence-corrected chi connectivity index (χ0v) is 15.8. The molecule has 0 bridgehead atoms. The fourth-order valence-corrected chi connectivity index (χ4v) is 3.56. The average molecular weight is 385 g/mol. The monoisotopic (exact) mass is 385 g/mol.